The zero-order chi connectivity index (χ0) is 15.0. The molecule has 0 aliphatic carbocycles. The minimum atomic E-state index is 0.0270. The van der Waals surface area contributed by atoms with Crippen molar-refractivity contribution in [3.63, 3.8) is 0 Å². The summed E-state index contributed by atoms with van der Waals surface area (Å²) >= 11 is 5.01. The Labute approximate surface area is 124 Å². The summed E-state index contributed by atoms with van der Waals surface area (Å²) in [5.74, 6) is 0.738. The molecule has 1 aromatic carbocycles. The second-order valence-electron chi connectivity index (χ2n) is 4.30. The molecule has 0 aromatic heterocycles. The van der Waals surface area contributed by atoms with E-state index in [-0.39, 0.29) is 5.91 Å². The van der Waals surface area contributed by atoms with Crippen LogP contribution >= 0.6 is 12.2 Å². The second kappa shape index (κ2) is 8.37. The molecule has 0 atom stereocenters. The van der Waals surface area contributed by atoms with Crippen LogP contribution < -0.4 is 21.1 Å². The third-order valence-corrected chi connectivity index (χ3v) is 2.95. The van der Waals surface area contributed by atoms with Crippen molar-refractivity contribution in [1.82, 2.24) is 5.32 Å². The van der Waals surface area contributed by atoms with Gasteiger partial charge in [0.2, 0.25) is 5.91 Å². The predicted molar refractivity (Wildman–Crippen MR) is 85.3 cm³/mol. The Hall–Kier alpha value is -1.82. The fraction of sp³-hybridized carbons (Fsp3) is 0.429. The fourth-order valence-electron chi connectivity index (χ4n) is 1.67. The Balaban J connectivity index is 2.61. The number of hydrogen-bond acceptors (Lipinski definition) is 4. The van der Waals surface area contributed by atoms with Gasteiger partial charge in [-0.05, 0) is 18.6 Å². The van der Waals surface area contributed by atoms with Crippen LogP contribution in [0.15, 0.2) is 18.2 Å². The van der Waals surface area contributed by atoms with Gasteiger partial charge in [-0.2, -0.15) is 0 Å². The van der Waals surface area contributed by atoms with Crippen molar-refractivity contribution in [2.24, 2.45) is 5.73 Å². The van der Waals surface area contributed by atoms with Crippen molar-refractivity contribution >= 4 is 28.8 Å². The number of carbonyl (C=O) groups excluding carboxylic acids is 1. The van der Waals surface area contributed by atoms with Gasteiger partial charge in [-0.25, -0.2) is 0 Å². The molecule has 0 radical (unpaired) electrons. The predicted octanol–water partition coefficient (Wildman–Crippen LogP) is 1.66. The van der Waals surface area contributed by atoms with Gasteiger partial charge in [0.05, 0.1) is 7.11 Å². The van der Waals surface area contributed by atoms with Crippen LogP contribution in [0.3, 0.4) is 0 Å². The molecule has 6 heteroatoms. The van der Waals surface area contributed by atoms with Crippen LogP contribution in [0.2, 0.25) is 0 Å². The summed E-state index contributed by atoms with van der Waals surface area (Å²) in [5.41, 5.74) is 7.20. The van der Waals surface area contributed by atoms with E-state index in [1.807, 2.05) is 13.0 Å². The molecule has 0 aliphatic rings. The number of anilines is 1. The van der Waals surface area contributed by atoms with Gasteiger partial charge in [0.1, 0.15) is 10.7 Å². The van der Waals surface area contributed by atoms with Crippen LogP contribution in [-0.4, -0.2) is 31.1 Å². The first-order valence-electron chi connectivity index (χ1n) is 6.57. The first kappa shape index (κ1) is 16.2. The molecule has 5 nitrogen and oxygen atoms in total. The summed E-state index contributed by atoms with van der Waals surface area (Å²) in [6.07, 6.45) is 1.33. The molecule has 1 rings (SSSR count). The van der Waals surface area contributed by atoms with Crippen molar-refractivity contribution in [2.75, 3.05) is 25.5 Å². The second-order valence-corrected chi connectivity index (χ2v) is 4.74. The topological polar surface area (TPSA) is 76.4 Å². The van der Waals surface area contributed by atoms with Crippen molar-refractivity contribution in [1.29, 1.82) is 0 Å². The Bertz CT molecular complexity index is 477. The molecule has 1 amide bonds. The molecule has 1 aromatic rings. The van der Waals surface area contributed by atoms with E-state index < -0.39 is 0 Å². The van der Waals surface area contributed by atoms with E-state index in [4.69, 9.17) is 22.7 Å². The standard InChI is InChI=1S/C14H21N3O2S/c1-3-7-17-13(18)6-8-16-12-9-10(19-2)4-5-11(12)14(15)20/h4-5,9,16H,3,6-8H2,1-2H3,(H2,15,20)(H,17,18). The summed E-state index contributed by atoms with van der Waals surface area (Å²) in [6.45, 7) is 3.23. The van der Waals surface area contributed by atoms with E-state index in [2.05, 4.69) is 10.6 Å². The highest BCUT2D eigenvalue weighted by Crippen LogP contribution is 2.22. The minimum absolute atomic E-state index is 0.0270. The SMILES string of the molecule is CCCNC(=O)CCNc1cc(OC)ccc1C(N)=S. The van der Waals surface area contributed by atoms with Crippen molar-refractivity contribution in [3.8, 4) is 5.75 Å². The lowest BCUT2D eigenvalue weighted by Gasteiger charge is -2.12. The molecule has 0 unspecified atom stereocenters. The summed E-state index contributed by atoms with van der Waals surface area (Å²) in [5, 5.41) is 5.99. The average molecular weight is 295 g/mol. The lowest BCUT2D eigenvalue weighted by atomic mass is 10.1. The van der Waals surface area contributed by atoms with E-state index >= 15 is 0 Å². The number of amides is 1. The summed E-state index contributed by atoms with van der Waals surface area (Å²) in [6, 6.07) is 5.42. The van der Waals surface area contributed by atoms with Gasteiger partial charge in [-0.15, -0.1) is 0 Å². The molecule has 110 valence electrons. The molecule has 0 heterocycles. The minimum Gasteiger partial charge on any atom is -0.497 e. The van der Waals surface area contributed by atoms with Gasteiger partial charge >= 0.3 is 0 Å². The van der Waals surface area contributed by atoms with E-state index in [0.717, 1.165) is 17.7 Å². The van der Waals surface area contributed by atoms with Crippen molar-refractivity contribution in [3.05, 3.63) is 23.8 Å². The molecular weight excluding hydrogens is 274 g/mol. The number of thiocarbonyl (C=S) groups is 1. The van der Waals surface area contributed by atoms with Crippen LogP contribution in [-0.2, 0) is 4.79 Å². The summed E-state index contributed by atoms with van der Waals surface area (Å²) < 4.78 is 5.17. The van der Waals surface area contributed by atoms with Crippen LogP contribution in [0.5, 0.6) is 5.75 Å². The first-order chi connectivity index (χ1) is 9.58. The maximum Gasteiger partial charge on any atom is 0.221 e. The van der Waals surface area contributed by atoms with Crippen molar-refractivity contribution < 1.29 is 9.53 Å². The number of hydrogen-bond donors (Lipinski definition) is 3. The van der Waals surface area contributed by atoms with Gasteiger partial charge < -0.3 is 21.1 Å². The number of ether oxygens (including phenoxy) is 1. The number of methoxy groups -OCH3 is 1. The van der Waals surface area contributed by atoms with Gasteiger partial charge in [0.25, 0.3) is 0 Å². The quantitative estimate of drug-likeness (QED) is 0.636. The lowest BCUT2D eigenvalue weighted by Crippen LogP contribution is -2.26. The highest BCUT2D eigenvalue weighted by molar-refractivity contribution is 7.80. The number of carbonyl (C=O) groups is 1. The van der Waals surface area contributed by atoms with Crippen molar-refractivity contribution in [2.45, 2.75) is 19.8 Å². The smallest absolute Gasteiger partial charge is 0.221 e. The molecule has 0 bridgehead atoms. The number of rotatable bonds is 8. The third-order valence-electron chi connectivity index (χ3n) is 2.73. The van der Waals surface area contributed by atoms with Gasteiger partial charge in [0, 0.05) is 36.8 Å². The summed E-state index contributed by atoms with van der Waals surface area (Å²) in [4.78, 5) is 11.8. The van der Waals surface area contributed by atoms with Crippen LogP contribution in [0.1, 0.15) is 25.3 Å². The molecule has 0 aliphatic heterocycles. The number of benzene rings is 1. The Morgan fingerprint density at radius 1 is 1.40 bits per heavy atom. The maximum absolute atomic E-state index is 11.5. The normalized spacial score (nSPS) is 9.90. The molecule has 20 heavy (non-hydrogen) atoms. The fourth-order valence-corrected chi connectivity index (χ4v) is 1.85. The Morgan fingerprint density at radius 3 is 2.75 bits per heavy atom. The zero-order valence-corrected chi connectivity index (χ0v) is 12.7. The molecule has 0 saturated carbocycles. The maximum atomic E-state index is 11.5. The highest BCUT2D eigenvalue weighted by Gasteiger charge is 2.07. The van der Waals surface area contributed by atoms with E-state index in [1.165, 1.54) is 0 Å². The van der Waals surface area contributed by atoms with Crippen LogP contribution in [0.4, 0.5) is 5.69 Å². The Morgan fingerprint density at radius 2 is 2.15 bits per heavy atom. The van der Waals surface area contributed by atoms with Gasteiger partial charge in [0.15, 0.2) is 0 Å². The zero-order valence-electron chi connectivity index (χ0n) is 11.9. The molecule has 0 spiro atoms. The van der Waals surface area contributed by atoms with E-state index in [0.29, 0.717) is 30.2 Å². The Kier molecular flexibility index (Phi) is 6.79. The lowest BCUT2D eigenvalue weighted by molar-refractivity contribution is -0.120. The monoisotopic (exact) mass is 295 g/mol. The first-order valence-corrected chi connectivity index (χ1v) is 6.97. The van der Waals surface area contributed by atoms with Crippen LogP contribution in [0, 0.1) is 0 Å². The highest BCUT2D eigenvalue weighted by atomic mass is 32.1. The molecule has 0 saturated heterocycles. The van der Waals surface area contributed by atoms with E-state index in [1.54, 1.807) is 19.2 Å². The molecule has 0 fully saturated rings. The molecular formula is C14H21N3O2S. The summed E-state index contributed by atoms with van der Waals surface area (Å²) in [7, 11) is 1.59. The number of nitrogens with one attached hydrogen (secondary N) is 2. The van der Waals surface area contributed by atoms with E-state index in [9.17, 15) is 4.79 Å². The number of nitrogens with two attached hydrogens (primary N) is 1. The van der Waals surface area contributed by atoms with Gasteiger partial charge in [-0.1, -0.05) is 19.1 Å². The van der Waals surface area contributed by atoms with Gasteiger partial charge in [-0.3, -0.25) is 4.79 Å². The van der Waals surface area contributed by atoms with Crippen LogP contribution in [0.25, 0.3) is 0 Å². The third kappa shape index (κ3) is 5.05. The average Bonchev–Trinajstić information content (AvgIpc) is 2.44. The largest absolute Gasteiger partial charge is 0.497 e. The molecule has 4 N–H and O–H groups in total.